The van der Waals surface area contributed by atoms with Crippen molar-refractivity contribution < 1.29 is 4.79 Å². The molecule has 0 radical (unpaired) electrons. The number of hydrogen-bond acceptors (Lipinski definition) is 2. The van der Waals surface area contributed by atoms with E-state index in [4.69, 9.17) is 0 Å². The maximum atomic E-state index is 11.5. The van der Waals surface area contributed by atoms with E-state index in [1.807, 2.05) is 18.2 Å². The quantitative estimate of drug-likeness (QED) is 0.293. The second-order valence-electron chi connectivity index (χ2n) is 4.20. The lowest BCUT2D eigenvalue weighted by atomic mass is 10.1. The first kappa shape index (κ1) is 19.4. The highest BCUT2D eigenvalue weighted by Gasteiger charge is 2.03. The van der Waals surface area contributed by atoms with Crippen LogP contribution >= 0.6 is 24.0 Å². The van der Waals surface area contributed by atoms with E-state index in [1.165, 1.54) is 0 Å². The van der Waals surface area contributed by atoms with Crippen molar-refractivity contribution in [2.75, 3.05) is 27.2 Å². The summed E-state index contributed by atoms with van der Waals surface area (Å²) in [5.74, 6) is 0.677. The molecule has 0 aliphatic heterocycles. The fraction of sp³-hybridized carbons (Fsp3) is 0.333. The number of nitrogens with one attached hydrogen (secondary N) is 3. The number of hydrogen-bond donors (Lipinski definition) is 3. The summed E-state index contributed by atoms with van der Waals surface area (Å²) in [6.07, 6.45) is 2.60. The molecule has 0 saturated carbocycles. The van der Waals surface area contributed by atoms with Crippen LogP contribution in [0.4, 0.5) is 0 Å². The van der Waals surface area contributed by atoms with Crippen LogP contribution in [0.15, 0.2) is 41.9 Å². The van der Waals surface area contributed by atoms with E-state index in [9.17, 15) is 4.79 Å². The maximum absolute atomic E-state index is 11.5. The molecule has 116 valence electrons. The predicted molar refractivity (Wildman–Crippen MR) is 98.5 cm³/mol. The molecule has 21 heavy (non-hydrogen) atoms. The van der Waals surface area contributed by atoms with Gasteiger partial charge in [-0.25, -0.2) is 0 Å². The predicted octanol–water partition coefficient (Wildman–Crippen LogP) is 1.56. The number of aliphatic imine (C=N–C) groups is 1. The lowest BCUT2D eigenvalue weighted by Crippen LogP contribution is -2.38. The Kier molecular flexibility index (Phi) is 10.3. The zero-order valence-electron chi connectivity index (χ0n) is 12.5. The zero-order chi connectivity index (χ0) is 14.8. The van der Waals surface area contributed by atoms with E-state index in [2.05, 4.69) is 27.5 Å². The third kappa shape index (κ3) is 7.12. The minimum absolute atomic E-state index is 0. The van der Waals surface area contributed by atoms with Crippen molar-refractivity contribution in [2.24, 2.45) is 4.99 Å². The van der Waals surface area contributed by atoms with Gasteiger partial charge in [0.25, 0.3) is 5.91 Å². The maximum Gasteiger partial charge on any atom is 0.251 e. The molecule has 3 N–H and O–H groups in total. The standard InChI is InChI=1S/C15H22N4O.HI/c1-4-9-18-15(17-3)19-10-8-12-6-5-7-13(11-12)14(20)16-2;/h4-7,11H,1,8-10H2,2-3H3,(H,16,20)(H2,17,18,19);1H. The number of nitrogens with zero attached hydrogens (tertiary/aromatic N) is 1. The van der Waals surface area contributed by atoms with Gasteiger partial charge in [0.05, 0.1) is 0 Å². The second-order valence-corrected chi connectivity index (χ2v) is 4.20. The molecular weight excluding hydrogens is 379 g/mol. The molecule has 0 aromatic heterocycles. The summed E-state index contributed by atoms with van der Waals surface area (Å²) >= 11 is 0. The Labute approximate surface area is 143 Å². The summed E-state index contributed by atoms with van der Waals surface area (Å²) in [7, 11) is 3.36. The zero-order valence-corrected chi connectivity index (χ0v) is 14.8. The summed E-state index contributed by atoms with van der Waals surface area (Å²) in [4.78, 5) is 15.6. The van der Waals surface area contributed by atoms with Crippen LogP contribution in [0.1, 0.15) is 15.9 Å². The van der Waals surface area contributed by atoms with Crippen LogP contribution in [0.2, 0.25) is 0 Å². The SMILES string of the molecule is C=CCNC(=NC)NCCc1cccc(C(=O)NC)c1.I. The summed E-state index contributed by atoms with van der Waals surface area (Å²) in [5, 5.41) is 8.93. The molecule has 0 aliphatic rings. The highest BCUT2D eigenvalue weighted by molar-refractivity contribution is 14.0. The highest BCUT2D eigenvalue weighted by Crippen LogP contribution is 2.05. The Morgan fingerprint density at radius 3 is 2.76 bits per heavy atom. The van der Waals surface area contributed by atoms with Gasteiger partial charge < -0.3 is 16.0 Å². The first-order valence-electron chi connectivity index (χ1n) is 6.57. The number of benzene rings is 1. The molecule has 0 fully saturated rings. The number of carbonyl (C=O) groups is 1. The Bertz CT molecular complexity index is 488. The average Bonchev–Trinajstić information content (AvgIpc) is 2.50. The largest absolute Gasteiger partial charge is 0.356 e. The molecule has 1 rings (SSSR count). The van der Waals surface area contributed by atoms with E-state index < -0.39 is 0 Å². The minimum Gasteiger partial charge on any atom is -0.356 e. The number of rotatable bonds is 6. The van der Waals surface area contributed by atoms with Crippen molar-refractivity contribution in [1.29, 1.82) is 0 Å². The van der Waals surface area contributed by atoms with Gasteiger partial charge in [0.15, 0.2) is 5.96 Å². The molecule has 0 saturated heterocycles. The van der Waals surface area contributed by atoms with Gasteiger partial charge >= 0.3 is 0 Å². The van der Waals surface area contributed by atoms with Crippen molar-refractivity contribution in [2.45, 2.75) is 6.42 Å². The third-order valence-corrected chi connectivity index (χ3v) is 2.76. The molecule has 0 unspecified atom stereocenters. The molecule has 0 atom stereocenters. The van der Waals surface area contributed by atoms with Crippen molar-refractivity contribution >= 4 is 35.8 Å². The number of carbonyl (C=O) groups excluding carboxylic acids is 1. The lowest BCUT2D eigenvalue weighted by Gasteiger charge is -2.10. The van der Waals surface area contributed by atoms with Crippen LogP contribution in [-0.2, 0) is 6.42 Å². The Morgan fingerprint density at radius 2 is 2.14 bits per heavy atom. The van der Waals surface area contributed by atoms with E-state index in [-0.39, 0.29) is 29.9 Å². The van der Waals surface area contributed by atoms with E-state index in [0.29, 0.717) is 12.1 Å². The number of halogens is 1. The molecule has 0 bridgehead atoms. The molecule has 1 amide bonds. The fourth-order valence-electron chi connectivity index (χ4n) is 1.73. The summed E-state index contributed by atoms with van der Waals surface area (Å²) in [5.41, 5.74) is 1.79. The van der Waals surface area contributed by atoms with Gasteiger partial charge in [0.2, 0.25) is 0 Å². The van der Waals surface area contributed by atoms with Gasteiger partial charge in [-0.1, -0.05) is 18.2 Å². The third-order valence-electron chi connectivity index (χ3n) is 2.76. The molecule has 0 aliphatic carbocycles. The van der Waals surface area contributed by atoms with Gasteiger partial charge in [0.1, 0.15) is 0 Å². The summed E-state index contributed by atoms with van der Waals surface area (Å²) < 4.78 is 0. The van der Waals surface area contributed by atoms with E-state index in [1.54, 1.807) is 26.2 Å². The van der Waals surface area contributed by atoms with Gasteiger partial charge in [-0.2, -0.15) is 0 Å². The highest BCUT2D eigenvalue weighted by atomic mass is 127. The second kappa shape index (κ2) is 11.1. The van der Waals surface area contributed by atoms with Crippen molar-refractivity contribution in [3.63, 3.8) is 0 Å². The van der Waals surface area contributed by atoms with E-state index in [0.717, 1.165) is 24.5 Å². The molecular formula is C15H23IN4O. The van der Waals surface area contributed by atoms with E-state index >= 15 is 0 Å². The first-order chi connectivity index (χ1) is 9.71. The van der Waals surface area contributed by atoms with Crippen LogP contribution in [0, 0.1) is 0 Å². The van der Waals surface area contributed by atoms with Crippen LogP contribution in [-0.4, -0.2) is 39.1 Å². The summed E-state index contributed by atoms with van der Waals surface area (Å²) in [6, 6.07) is 7.61. The Hall–Kier alpha value is -1.57. The van der Waals surface area contributed by atoms with Crippen LogP contribution in [0.3, 0.4) is 0 Å². The van der Waals surface area contributed by atoms with Crippen molar-refractivity contribution in [1.82, 2.24) is 16.0 Å². The fourth-order valence-corrected chi connectivity index (χ4v) is 1.73. The van der Waals surface area contributed by atoms with Gasteiger partial charge in [-0.05, 0) is 24.1 Å². The van der Waals surface area contributed by atoms with Crippen LogP contribution in [0.25, 0.3) is 0 Å². The smallest absolute Gasteiger partial charge is 0.251 e. The monoisotopic (exact) mass is 402 g/mol. The normalized spacial score (nSPS) is 10.3. The minimum atomic E-state index is -0.0664. The molecule has 6 heteroatoms. The molecule has 0 spiro atoms. The first-order valence-corrected chi connectivity index (χ1v) is 6.57. The molecule has 1 aromatic rings. The number of guanidine groups is 1. The van der Waals surface area contributed by atoms with Crippen molar-refractivity contribution in [3.8, 4) is 0 Å². The number of amides is 1. The van der Waals surface area contributed by atoms with Crippen LogP contribution < -0.4 is 16.0 Å². The Morgan fingerprint density at radius 1 is 1.38 bits per heavy atom. The summed E-state index contributed by atoms with van der Waals surface area (Å²) in [6.45, 7) is 5.06. The average molecular weight is 402 g/mol. The molecule has 1 aromatic carbocycles. The Balaban J connectivity index is 0.00000400. The van der Waals surface area contributed by atoms with Crippen LogP contribution in [0.5, 0.6) is 0 Å². The van der Waals surface area contributed by atoms with Gasteiger partial charge in [-0.15, -0.1) is 30.6 Å². The van der Waals surface area contributed by atoms with Gasteiger partial charge in [0, 0.05) is 32.7 Å². The topological polar surface area (TPSA) is 65.5 Å². The molecule has 0 heterocycles. The van der Waals surface area contributed by atoms with Crippen molar-refractivity contribution in [3.05, 3.63) is 48.0 Å². The lowest BCUT2D eigenvalue weighted by molar-refractivity contribution is 0.0963. The van der Waals surface area contributed by atoms with Gasteiger partial charge in [-0.3, -0.25) is 9.79 Å². The molecule has 5 nitrogen and oxygen atoms in total.